The third-order valence-corrected chi connectivity index (χ3v) is 23.3. The minimum Gasteiger partial charge on any atom is -0.497 e. The molecule has 0 unspecified atom stereocenters. The quantitative estimate of drug-likeness (QED) is 0.0238. The van der Waals surface area contributed by atoms with Crippen LogP contribution >= 0.6 is 0 Å². The third-order valence-electron chi connectivity index (χ3n) is 23.3. The van der Waals surface area contributed by atoms with Gasteiger partial charge in [-0.15, -0.1) is 0 Å². The fraction of sp³-hybridized carbons (Fsp3) is 0.262. The minimum atomic E-state index is -0.298. The number of rotatable bonds is 25. The maximum absolute atomic E-state index is 12.9. The maximum Gasteiger partial charge on any atom is 0.274 e. The zero-order chi connectivity index (χ0) is 100.0. The predicted octanol–water partition coefficient (Wildman–Crippen LogP) is 18.1. The van der Waals surface area contributed by atoms with Gasteiger partial charge in [0.15, 0.2) is 29.1 Å². The number of H-pyrrole nitrogens is 5. The van der Waals surface area contributed by atoms with Crippen molar-refractivity contribution in [3.63, 3.8) is 0 Å². The molecule has 0 radical (unpaired) electrons. The number of halogens is 1. The molecule has 724 valence electrons. The minimum absolute atomic E-state index is 0.0688. The van der Waals surface area contributed by atoms with Crippen molar-refractivity contribution >= 4 is 51.6 Å². The highest BCUT2D eigenvalue weighted by atomic mass is 19.1. The van der Waals surface area contributed by atoms with Crippen molar-refractivity contribution in [1.82, 2.24) is 103 Å². The number of aryl methyl sites for hydroxylation is 4. The first-order valence-electron chi connectivity index (χ1n) is 46.3. The van der Waals surface area contributed by atoms with E-state index in [1.54, 1.807) is 45.6 Å². The molecule has 19 aromatic rings. The molecule has 0 amide bonds. The number of unbranched alkanes of at least 4 members (excludes halogenated alkanes) is 1. The van der Waals surface area contributed by atoms with E-state index in [1.165, 1.54) is 86.8 Å². The number of nitrogens with zero attached hydrogens (tertiary/aromatic N) is 15. The lowest BCUT2D eigenvalue weighted by Gasteiger charge is -2.18. The number of methoxy groups -OCH3 is 3. The molecule has 10 N–H and O–H groups in total. The first-order valence-corrected chi connectivity index (χ1v) is 46.3. The summed E-state index contributed by atoms with van der Waals surface area (Å²) >= 11 is 0. The van der Waals surface area contributed by atoms with E-state index in [9.17, 15) is 28.4 Å². The standard InChI is InChI=1S/C24H27N5O3.C23H25N5O2.C21H21N5O.C20H27N5O.C19H16FN5O/c1-24(2,3)16-8-6-15(7-9-16)22-27-23-26-17(12-21(30)29(23)28-22)14-25-19-11-10-18(31-4)13-20(19)32-5;1-23(2,3)16-11-9-15(10-12-16)21-26-22-25-17(13-20(29)28(22)27-21)14-24-18-7-5-6-8-19(18)30-4;1-13-5-4-6-16(9-13)20-24-21-23-18(11-19(27)26(21)25-20)12-22-17-8-7-14(2)15(3)10-17;1-5-6-11-21-13-16-12-17(26)25-19(22-16)23-18(24-25)14-7-9-15(10-8-14)20(2,3)4;1-12-3-2-4-13(9-12)18-23-19-22-16(10-17(26)25(19)24-18)11-21-15-7-5-14(20)6-8-15/h6-13,25H,14H2,1-5H3,(H,26,27,28);5-13,24H,14H2,1-4H3,(H,25,26,27);4-11,22H,12H2,1-3H3,(H,23,24,25);7-10,12,21H,5-6,11,13H2,1-4H3,(H,22,23,24);2-10,21H,11H2,1H3,(H,22,23,24). The van der Waals surface area contributed by atoms with Crippen molar-refractivity contribution in [1.29, 1.82) is 0 Å². The Morgan fingerprint density at radius 2 is 0.667 bits per heavy atom. The second kappa shape index (κ2) is 43.3. The maximum atomic E-state index is 12.9. The number of benzene rings is 9. The summed E-state index contributed by atoms with van der Waals surface area (Å²) < 4.78 is 35.7. The first-order chi connectivity index (χ1) is 67.6. The number of aromatic amines is 5. The Bertz CT molecular complexity index is 7950. The van der Waals surface area contributed by atoms with E-state index in [2.05, 4.69) is 234 Å². The van der Waals surface area contributed by atoms with E-state index >= 15 is 0 Å². The van der Waals surface area contributed by atoms with Gasteiger partial charge in [0.25, 0.3) is 56.7 Å². The van der Waals surface area contributed by atoms with Crippen LogP contribution < -0.4 is 68.6 Å². The van der Waals surface area contributed by atoms with Gasteiger partial charge in [-0.3, -0.25) is 49.5 Å². The summed E-state index contributed by atoms with van der Waals surface area (Å²) in [6.07, 6.45) is 2.25. The van der Waals surface area contributed by atoms with Crippen molar-refractivity contribution in [3.8, 4) is 74.2 Å². The van der Waals surface area contributed by atoms with E-state index in [0.717, 1.165) is 86.8 Å². The number of para-hydroxylation sites is 2. The Morgan fingerprint density at radius 3 is 1.02 bits per heavy atom. The average molecular weight is 1900 g/mol. The van der Waals surface area contributed by atoms with Crippen LogP contribution in [0.25, 0.3) is 85.8 Å². The Hall–Kier alpha value is -16.8. The molecule has 0 fully saturated rings. The van der Waals surface area contributed by atoms with E-state index in [1.807, 2.05) is 141 Å². The molecule has 9 aromatic carbocycles. The molecule has 0 saturated carbocycles. The van der Waals surface area contributed by atoms with Crippen molar-refractivity contribution in [2.45, 2.75) is 159 Å². The molecule has 10 aromatic heterocycles. The van der Waals surface area contributed by atoms with Gasteiger partial charge in [-0.05, 0) is 158 Å². The van der Waals surface area contributed by atoms with Crippen molar-refractivity contribution < 1.29 is 18.6 Å². The van der Waals surface area contributed by atoms with Crippen LogP contribution in [-0.2, 0) is 49.0 Å². The number of hydrogen-bond donors (Lipinski definition) is 10. The molecule has 0 aliphatic heterocycles. The van der Waals surface area contributed by atoms with Gasteiger partial charge in [0.2, 0.25) is 0 Å². The Labute approximate surface area is 812 Å². The monoisotopic (exact) mass is 1900 g/mol. The van der Waals surface area contributed by atoms with Gasteiger partial charge < -0.3 is 40.8 Å². The van der Waals surface area contributed by atoms with Crippen molar-refractivity contribution in [2.24, 2.45) is 0 Å². The van der Waals surface area contributed by atoms with Gasteiger partial charge in [0, 0.05) is 82.1 Å². The highest BCUT2D eigenvalue weighted by Gasteiger charge is 2.22. The second-order valence-corrected chi connectivity index (χ2v) is 37.2. The fourth-order valence-electron chi connectivity index (χ4n) is 15.1. The molecule has 10 heterocycles. The number of hydrogen-bond acceptors (Lipinski definition) is 23. The first kappa shape index (κ1) is 98.7. The van der Waals surface area contributed by atoms with Gasteiger partial charge in [-0.2, -0.15) is 47.5 Å². The van der Waals surface area contributed by atoms with Gasteiger partial charge in [0.1, 0.15) is 23.1 Å². The Morgan fingerprint density at radius 1 is 0.319 bits per heavy atom. The molecular formula is C107H116FN25O8. The SMILES string of the molecule is CCCCNCc1cc(=O)n2[nH]c(-c3ccc(C(C)(C)C)cc3)nc2n1.COc1ccc(NCc2cc(=O)n3[nH]c(-c4ccc(C(C)(C)C)cc4)nc3n2)c(OC)c1.COc1ccccc1NCc1cc(=O)n2[nH]c(-c3ccc(C(C)(C)C)cc3)nc2n1.Cc1cccc(-c2nc3nc(CNc4ccc(C)c(C)c4)cc(=O)n3[nH]2)c1.Cc1cccc(-c2nc3nc(CNc4ccc(F)cc4)cc(=O)n3[nH]2)c1. The molecule has 0 bridgehead atoms. The van der Waals surface area contributed by atoms with Crippen molar-refractivity contribution in [2.75, 3.05) is 49.1 Å². The highest BCUT2D eigenvalue weighted by Crippen LogP contribution is 2.33. The lowest BCUT2D eigenvalue weighted by Crippen LogP contribution is -2.20. The summed E-state index contributed by atoms with van der Waals surface area (Å²) in [6, 6.07) is 73.2. The molecular weight excluding hydrogens is 1780 g/mol. The summed E-state index contributed by atoms with van der Waals surface area (Å²) in [7, 11) is 4.82. The molecule has 0 spiro atoms. The van der Waals surface area contributed by atoms with Crippen LogP contribution in [0, 0.1) is 33.5 Å². The number of fused-ring (bicyclic) bond motifs is 5. The lowest BCUT2D eigenvalue weighted by molar-refractivity contribution is 0.395. The molecule has 19 rings (SSSR count). The van der Waals surface area contributed by atoms with Crippen LogP contribution in [0.2, 0.25) is 0 Å². The second-order valence-electron chi connectivity index (χ2n) is 37.2. The van der Waals surface area contributed by atoms with Crippen LogP contribution in [0.15, 0.2) is 261 Å². The molecule has 0 saturated heterocycles. The van der Waals surface area contributed by atoms with E-state index in [0.29, 0.717) is 131 Å². The normalized spacial score (nSPS) is 11.4. The topological polar surface area (TPSA) is 403 Å². The number of aromatic nitrogens is 20. The smallest absolute Gasteiger partial charge is 0.274 e. The van der Waals surface area contributed by atoms with Crippen LogP contribution in [0.1, 0.15) is 149 Å². The molecule has 0 atom stereocenters. The zero-order valence-corrected chi connectivity index (χ0v) is 82.0. The van der Waals surface area contributed by atoms with Crippen LogP contribution in [0.4, 0.5) is 27.1 Å². The van der Waals surface area contributed by atoms with Crippen LogP contribution in [0.5, 0.6) is 17.2 Å². The van der Waals surface area contributed by atoms with E-state index in [4.69, 9.17) is 14.2 Å². The number of nitrogens with one attached hydrogen (secondary N) is 10. The van der Waals surface area contributed by atoms with Gasteiger partial charge >= 0.3 is 0 Å². The largest absolute Gasteiger partial charge is 0.497 e. The van der Waals surface area contributed by atoms with E-state index < -0.39 is 0 Å². The molecule has 0 aliphatic rings. The van der Waals surface area contributed by atoms with E-state index in [-0.39, 0.29) is 49.9 Å². The Balaban J connectivity index is 0.000000133. The van der Waals surface area contributed by atoms with Crippen LogP contribution in [-0.4, -0.2) is 126 Å². The summed E-state index contributed by atoms with van der Waals surface area (Å²) in [4.78, 5) is 107. The molecule has 141 heavy (non-hydrogen) atoms. The third kappa shape index (κ3) is 24.8. The number of anilines is 4. The number of ether oxygens (including phenoxy) is 3. The lowest BCUT2D eigenvalue weighted by atomic mass is 9.87. The average Bonchev–Trinajstić information content (AvgIpc) is 1.65. The zero-order valence-electron chi connectivity index (χ0n) is 82.0. The molecule has 34 heteroatoms. The molecule has 33 nitrogen and oxygen atoms in total. The molecule has 0 aliphatic carbocycles. The van der Waals surface area contributed by atoms with Crippen molar-refractivity contribution in [3.05, 3.63) is 362 Å². The fourth-order valence-corrected chi connectivity index (χ4v) is 15.1. The van der Waals surface area contributed by atoms with Crippen LogP contribution in [0.3, 0.4) is 0 Å². The highest BCUT2D eigenvalue weighted by molar-refractivity contribution is 5.65. The predicted molar refractivity (Wildman–Crippen MR) is 552 cm³/mol. The van der Waals surface area contributed by atoms with Gasteiger partial charge in [-0.25, -0.2) is 29.3 Å². The summed E-state index contributed by atoms with van der Waals surface area (Å²) in [5.41, 5.74) is 18.7. The Kier molecular flexibility index (Phi) is 30.3. The summed E-state index contributed by atoms with van der Waals surface area (Å²) in [6.45, 7) is 32.9. The van der Waals surface area contributed by atoms with Gasteiger partial charge in [0.05, 0.1) is 87.4 Å². The summed E-state index contributed by atoms with van der Waals surface area (Å²) in [5.74, 6) is 6.58. The van der Waals surface area contributed by atoms with Gasteiger partial charge in [-0.1, -0.05) is 214 Å². The summed E-state index contributed by atoms with van der Waals surface area (Å²) in [5, 5.41) is 31.4.